The molecule has 0 bridgehead atoms. The normalized spacial score (nSPS) is 11.6. The van der Waals surface area contributed by atoms with E-state index in [0.29, 0.717) is 0 Å². The molecule has 22 heavy (non-hydrogen) atoms. The third-order valence-electron chi connectivity index (χ3n) is 4.38. The first-order valence-electron chi connectivity index (χ1n) is 7.48. The van der Waals surface area contributed by atoms with Crippen LogP contribution in [-0.4, -0.2) is 4.98 Å². The first kappa shape index (κ1) is 11.7. The smallest absolute Gasteiger partial charge is 0.0708 e. The highest BCUT2D eigenvalue weighted by Gasteiger charge is 2.03. The Morgan fingerprint density at radius 3 is 1.64 bits per heavy atom. The van der Waals surface area contributed by atoms with E-state index >= 15 is 0 Å². The fourth-order valence-electron chi connectivity index (χ4n) is 3.26. The molecule has 1 heterocycles. The number of fused-ring (bicyclic) bond motifs is 4. The number of pyridine rings is 1. The van der Waals surface area contributed by atoms with Crippen LogP contribution in [0.4, 0.5) is 0 Å². The number of hydrogen-bond acceptors (Lipinski definition) is 1. The van der Waals surface area contributed by atoms with Crippen LogP contribution in [0.1, 0.15) is 0 Å². The second-order valence-corrected chi connectivity index (χ2v) is 5.79. The van der Waals surface area contributed by atoms with Crippen molar-refractivity contribution in [1.82, 2.24) is 4.98 Å². The zero-order valence-electron chi connectivity index (χ0n) is 12.0. The third kappa shape index (κ3) is 1.69. The van der Waals surface area contributed by atoms with Gasteiger partial charge in [-0.1, -0.05) is 30.3 Å². The molecular weight excluding hydrogens is 266 g/mol. The van der Waals surface area contributed by atoms with E-state index in [9.17, 15) is 0 Å². The highest BCUT2D eigenvalue weighted by molar-refractivity contribution is 6.07. The molecule has 0 aliphatic rings. The molecule has 0 unspecified atom stereocenters. The molecule has 0 saturated carbocycles. The average Bonchev–Trinajstić information content (AvgIpc) is 2.56. The molecule has 0 spiro atoms. The van der Waals surface area contributed by atoms with Crippen molar-refractivity contribution in [2.75, 3.05) is 0 Å². The molecule has 0 aliphatic heterocycles. The van der Waals surface area contributed by atoms with Crippen LogP contribution in [0.5, 0.6) is 0 Å². The Morgan fingerprint density at radius 1 is 0.455 bits per heavy atom. The van der Waals surface area contributed by atoms with Gasteiger partial charge in [0.1, 0.15) is 0 Å². The summed E-state index contributed by atoms with van der Waals surface area (Å²) in [4.78, 5) is 4.46. The predicted octanol–water partition coefficient (Wildman–Crippen LogP) is 5.69. The van der Waals surface area contributed by atoms with E-state index in [2.05, 4.69) is 71.7 Å². The lowest BCUT2D eigenvalue weighted by molar-refractivity contribution is 1.42. The van der Waals surface area contributed by atoms with Gasteiger partial charge in [0.25, 0.3) is 0 Å². The zero-order chi connectivity index (χ0) is 14.5. The van der Waals surface area contributed by atoms with Crippen molar-refractivity contribution >= 4 is 43.2 Å². The van der Waals surface area contributed by atoms with Crippen LogP contribution in [0.25, 0.3) is 43.2 Å². The molecular formula is C21H13N. The van der Waals surface area contributed by atoms with Crippen LogP contribution < -0.4 is 0 Å². The molecule has 0 radical (unpaired) electrons. The lowest BCUT2D eigenvalue weighted by Crippen LogP contribution is -1.81. The summed E-state index contributed by atoms with van der Waals surface area (Å²) in [7, 11) is 0. The van der Waals surface area contributed by atoms with Gasteiger partial charge in [-0.05, 0) is 74.8 Å². The van der Waals surface area contributed by atoms with Crippen molar-refractivity contribution in [3.63, 3.8) is 0 Å². The van der Waals surface area contributed by atoms with Crippen molar-refractivity contribution in [3.8, 4) is 0 Å². The minimum atomic E-state index is 1.05. The van der Waals surface area contributed by atoms with Crippen LogP contribution in [0, 0.1) is 0 Å². The van der Waals surface area contributed by atoms with Crippen LogP contribution in [0.15, 0.2) is 79.0 Å². The van der Waals surface area contributed by atoms with Crippen LogP contribution in [0.3, 0.4) is 0 Å². The van der Waals surface area contributed by atoms with E-state index in [0.717, 1.165) is 5.52 Å². The van der Waals surface area contributed by atoms with Gasteiger partial charge in [-0.2, -0.15) is 0 Å². The quantitative estimate of drug-likeness (QED) is 0.332. The molecule has 5 rings (SSSR count). The summed E-state index contributed by atoms with van der Waals surface area (Å²) in [5.41, 5.74) is 1.05. The van der Waals surface area contributed by atoms with E-state index in [1.165, 1.54) is 37.7 Å². The van der Waals surface area contributed by atoms with Crippen molar-refractivity contribution in [2.24, 2.45) is 0 Å². The predicted molar refractivity (Wildman–Crippen MR) is 94.3 cm³/mol. The van der Waals surface area contributed by atoms with E-state index in [4.69, 9.17) is 0 Å². The van der Waals surface area contributed by atoms with Gasteiger partial charge in [0, 0.05) is 11.6 Å². The van der Waals surface area contributed by atoms with Crippen LogP contribution in [0.2, 0.25) is 0 Å². The van der Waals surface area contributed by atoms with Crippen molar-refractivity contribution in [1.29, 1.82) is 0 Å². The zero-order valence-corrected chi connectivity index (χ0v) is 12.0. The number of rotatable bonds is 0. The molecule has 1 heteroatoms. The first-order chi connectivity index (χ1) is 10.9. The number of benzene rings is 4. The van der Waals surface area contributed by atoms with Gasteiger partial charge in [0.15, 0.2) is 0 Å². The van der Waals surface area contributed by atoms with Gasteiger partial charge in [0.05, 0.1) is 5.52 Å². The molecule has 0 N–H and O–H groups in total. The second-order valence-electron chi connectivity index (χ2n) is 5.79. The third-order valence-corrected chi connectivity index (χ3v) is 4.38. The summed E-state index contributed by atoms with van der Waals surface area (Å²) < 4.78 is 0. The Balaban J connectivity index is 1.93. The molecule has 0 aliphatic carbocycles. The van der Waals surface area contributed by atoms with E-state index in [-0.39, 0.29) is 0 Å². The van der Waals surface area contributed by atoms with Gasteiger partial charge < -0.3 is 0 Å². The number of nitrogens with zero attached hydrogens (tertiary/aromatic N) is 1. The fourth-order valence-corrected chi connectivity index (χ4v) is 3.26. The minimum absolute atomic E-state index is 1.05. The molecule has 5 aromatic rings. The highest BCUT2D eigenvalue weighted by atomic mass is 14.6. The Bertz CT molecular complexity index is 988. The maximum absolute atomic E-state index is 4.46. The SMILES string of the molecule is c1ccc2cc3cc4cc5ncccc5cc4cc3cc2c1. The van der Waals surface area contributed by atoms with Gasteiger partial charge >= 0.3 is 0 Å². The molecule has 1 aromatic heterocycles. The Morgan fingerprint density at radius 2 is 0.955 bits per heavy atom. The minimum Gasteiger partial charge on any atom is -0.256 e. The lowest BCUT2D eigenvalue weighted by Gasteiger charge is -2.06. The molecule has 4 aromatic carbocycles. The van der Waals surface area contributed by atoms with E-state index < -0.39 is 0 Å². The van der Waals surface area contributed by atoms with Gasteiger partial charge in [-0.3, -0.25) is 4.98 Å². The summed E-state index contributed by atoms with van der Waals surface area (Å²) in [6, 6.07) is 26.1. The van der Waals surface area contributed by atoms with Gasteiger partial charge in [-0.15, -0.1) is 0 Å². The fraction of sp³-hybridized carbons (Fsp3) is 0. The number of hydrogen-bond donors (Lipinski definition) is 0. The molecule has 0 amide bonds. The summed E-state index contributed by atoms with van der Waals surface area (Å²) in [5.74, 6) is 0. The lowest BCUT2D eigenvalue weighted by atomic mass is 9.99. The Kier molecular flexibility index (Phi) is 2.28. The average molecular weight is 279 g/mol. The second kappa shape index (κ2) is 4.28. The molecule has 1 nitrogen and oxygen atoms in total. The topological polar surface area (TPSA) is 12.9 Å². The van der Waals surface area contributed by atoms with Crippen molar-refractivity contribution in [3.05, 3.63) is 79.0 Å². The van der Waals surface area contributed by atoms with E-state index in [1.54, 1.807) is 0 Å². The Labute approximate surface area is 127 Å². The van der Waals surface area contributed by atoms with Gasteiger partial charge in [-0.25, -0.2) is 0 Å². The van der Waals surface area contributed by atoms with Crippen LogP contribution >= 0.6 is 0 Å². The summed E-state index contributed by atoms with van der Waals surface area (Å²) in [6.07, 6.45) is 1.85. The molecule has 0 atom stereocenters. The number of aromatic nitrogens is 1. The summed E-state index contributed by atoms with van der Waals surface area (Å²) >= 11 is 0. The maximum Gasteiger partial charge on any atom is 0.0708 e. The van der Waals surface area contributed by atoms with Crippen molar-refractivity contribution < 1.29 is 0 Å². The molecule has 0 saturated heterocycles. The van der Waals surface area contributed by atoms with Gasteiger partial charge in [0.2, 0.25) is 0 Å². The standard InChI is InChI=1S/C21H13N/c1-2-5-15-9-18-12-20-13-21-16(6-3-7-22-21)10-19(20)11-17(18)8-14(15)4-1/h1-13H. The largest absolute Gasteiger partial charge is 0.256 e. The van der Waals surface area contributed by atoms with Crippen LogP contribution in [-0.2, 0) is 0 Å². The monoisotopic (exact) mass is 279 g/mol. The maximum atomic E-state index is 4.46. The first-order valence-corrected chi connectivity index (χ1v) is 7.48. The molecule has 102 valence electrons. The molecule has 0 fully saturated rings. The van der Waals surface area contributed by atoms with E-state index in [1.807, 2.05) is 12.3 Å². The summed E-state index contributed by atoms with van der Waals surface area (Å²) in [6.45, 7) is 0. The Hall–Kier alpha value is -2.93. The van der Waals surface area contributed by atoms with Crippen molar-refractivity contribution in [2.45, 2.75) is 0 Å². The summed E-state index contributed by atoms with van der Waals surface area (Å²) in [5, 5.41) is 8.84. The highest BCUT2D eigenvalue weighted by Crippen LogP contribution is 2.29.